The van der Waals surface area contributed by atoms with E-state index in [-0.39, 0.29) is 17.2 Å². The minimum Gasteiger partial charge on any atom is -0.457 e. The fourth-order valence-electron chi connectivity index (χ4n) is 2.45. The van der Waals surface area contributed by atoms with Gasteiger partial charge in [0.05, 0.1) is 5.57 Å². The van der Waals surface area contributed by atoms with Crippen LogP contribution in [0.15, 0.2) is 59.0 Å². The molecule has 1 unspecified atom stereocenters. The number of aliphatic hydroxyl groups excluding tert-OH is 1. The molecular formula is C18H15ClN2O3S. The molecule has 128 valence electrons. The monoisotopic (exact) mass is 374 g/mol. The lowest BCUT2D eigenvalue weighted by Crippen LogP contribution is -2.55. The van der Waals surface area contributed by atoms with Crippen molar-refractivity contribution in [1.82, 2.24) is 10.2 Å². The highest BCUT2D eigenvalue weighted by Crippen LogP contribution is 2.26. The van der Waals surface area contributed by atoms with Crippen LogP contribution in [0.4, 0.5) is 0 Å². The van der Waals surface area contributed by atoms with Crippen molar-refractivity contribution in [3.63, 3.8) is 0 Å². The van der Waals surface area contributed by atoms with E-state index in [0.29, 0.717) is 16.5 Å². The zero-order valence-electron chi connectivity index (χ0n) is 13.1. The summed E-state index contributed by atoms with van der Waals surface area (Å²) in [5.74, 6) is 0.654. The Labute approximate surface area is 155 Å². The van der Waals surface area contributed by atoms with Crippen molar-refractivity contribution in [3.05, 3.63) is 65.4 Å². The highest BCUT2D eigenvalue weighted by Gasteiger charge is 2.32. The Hall–Kier alpha value is -2.41. The molecule has 2 aromatic rings. The molecular weight excluding hydrogens is 360 g/mol. The third-order valence-electron chi connectivity index (χ3n) is 3.64. The van der Waals surface area contributed by atoms with Gasteiger partial charge >= 0.3 is 0 Å². The zero-order valence-corrected chi connectivity index (χ0v) is 14.7. The molecule has 5 nitrogen and oxygen atoms in total. The van der Waals surface area contributed by atoms with Crippen molar-refractivity contribution in [2.75, 3.05) is 6.54 Å². The molecule has 0 aliphatic carbocycles. The predicted octanol–water partition coefficient (Wildman–Crippen LogP) is 3.20. The van der Waals surface area contributed by atoms with E-state index in [0.717, 1.165) is 5.56 Å². The minimum atomic E-state index is -1.19. The van der Waals surface area contributed by atoms with Crippen LogP contribution >= 0.6 is 23.8 Å². The number of aliphatic hydroxyl groups is 1. The third kappa shape index (κ3) is 3.66. The number of hydrogen-bond donors (Lipinski definition) is 2. The quantitative estimate of drug-likeness (QED) is 0.488. The standard InChI is InChI=1S/C18H15ClN2O3S/c1-2-8-21-17(23)14(16(22)20-18(21)25)10-13-6-7-15(24-13)11-4-3-5-12(19)9-11/h2-7,9-10,16,22H,1,8H2,(H,20,25). The molecule has 2 N–H and O–H groups in total. The average molecular weight is 375 g/mol. The first kappa shape index (κ1) is 17.4. The minimum absolute atomic E-state index is 0.141. The van der Waals surface area contributed by atoms with E-state index in [1.165, 1.54) is 11.0 Å². The van der Waals surface area contributed by atoms with E-state index in [2.05, 4.69) is 11.9 Å². The van der Waals surface area contributed by atoms with Crippen LogP contribution in [-0.2, 0) is 4.79 Å². The molecule has 3 rings (SSSR count). The Balaban J connectivity index is 1.90. The topological polar surface area (TPSA) is 65.7 Å². The normalized spacial score (nSPS) is 19.2. The van der Waals surface area contributed by atoms with E-state index in [1.807, 2.05) is 12.1 Å². The summed E-state index contributed by atoms with van der Waals surface area (Å²) in [7, 11) is 0. The van der Waals surface area contributed by atoms with Gasteiger partial charge in [-0.25, -0.2) is 0 Å². The van der Waals surface area contributed by atoms with E-state index < -0.39 is 12.1 Å². The van der Waals surface area contributed by atoms with Gasteiger partial charge in [-0.2, -0.15) is 0 Å². The summed E-state index contributed by atoms with van der Waals surface area (Å²) >= 11 is 11.1. The smallest absolute Gasteiger partial charge is 0.260 e. The second kappa shape index (κ2) is 7.23. The number of nitrogens with one attached hydrogen (secondary N) is 1. The summed E-state index contributed by atoms with van der Waals surface area (Å²) in [5, 5.41) is 13.6. The summed E-state index contributed by atoms with van der Waals surface area (Å²) in [6, 6.07) is 10.7. The molecule has 0 spiro atoms. The lowest BCUT2D eigenvalue weighted by atomic mass is 10.1. The Morgan fingerprint density at radius 1 is 1.40 bits per heavy atom. The molecule has 1 amide bonds. The number of carbonyl (C=O) groups is 1. The second-order valence-electron chi connectivity index (χ2n) is 5.37. The van der Waals surface area contributed by atoms with Crippen LogP contribution in [0, 0.1) is 0 Å². The lowest BCUT2D eigenvalue weighted by molar-refractivity contribution is -0.125. The van der Waals surface area contributed by atoms with Crippen LogP contribution in [0.25, 0.3) is 17.4 Å². The molecule has 0 bridgehead atoms. The van der Waals surface area contributed by atoms with Gasteiger partial charge in [0.1, 0.15) is 11.5 Å². The van der Waals surface area contributed by atoms with Crippen LogP contribution in [0.1, 0.15) is 5.76 Å². The number of nitrogens with zero attached hydrogens (tertiary/aromatic N) is 1. The van der Waals surface area contributed by atoms with Gasteiger partial charge in [0, 0.05) is 17.1 Å². The highest BCUT2D eigenvalue weighted by atomic mass is 35.5. The van der Waals surface area contributed by atoms with Crippen molar-refractivity contribution >= 4 is 40.9 Å². The van der Waals surface area contributed by atoms with Gasteiger partial charge in [-0.15, -0.1) is 6.58 Å². The van der Waals surface area contributed by atoms with Gasteiger partial charge in [0.15, 0.2) is 11.3 Å². The number of rotatable bonds is 4. The summed E-state index contributed by atoms with van der Waals surface area (Å²) in [6.07, 6.45) is 1.86. The van der Waals surface area contributed by atoms with E-state index >= 15 is 0 Å². The van der Waals surface area contributed by atoms with Crippen molar-refractivity contribution in [3.8, 4) is 11.3 Å². The third-order valence-corrected chi connectivity index (χ3v) is 4.21. The fraction of sp³-hybridized carbons (Fsp3) is 0.111. The first-order valence-corrected chi connectivity index (χ1v) is 8.27. The van der Waals surface area contributed by atoms with Crippen LogP contribution in [0.5, 0.6) is 0 Å². The molecule has 0 radical (unpaired) electrons. The highest BCUT2D eigenvalue weighted by molar-refractivity contribution is 7.80. The van der Waals surface area contributed by atoms with E-state index in [4.69, 9.17) is 28.2 Å². The zero-order chi connectivity index (χ0) is 18.0. The van der Waals surface area contributed by atoms with Gasteiger partial charge in [0.2, 0.25) is 0 Å². The van der Waals surface area contributed by atoms with E-state index in [1.54, 1.807) is 30.3 Å². The molecule has 1 atom stereocenters. The Kier molecular flexibility index (Phi) is 5.03. The van der Waals surface area contributed by atoms with E-state index in [9.17, 15) is 9.90 Å². The maximum absolute atomic E-state index is 12.5. The van der Waals surface area contributed by atoms with Crippen molar-refractivity contribution in [2.45, 2.75) is 6.23 Å². The number of benzene rings is 1. The fourth-order valence-corrected chi connectivity index (χ4v) is 2.91. The molecule has 1 aliphatic heterocycles. The van der Waals surface area contributed by atoms with Gasteiger partial charge in [-0.1, -0.05) is 29.8 Å². The molecule has 1 aromatic heterocycles. The Morgan fingerprint density at radius 2 is 2.20 bits per heavy atom. The van der Waals surface area contributed by atoms with Gasteiger partial charge in [-0.05, 0) is 42.6 Å². The summed E-state index contributed by atoms with van der Waals surface area (Å²) in [4.78, 5) is 13.8. The van der Waals surface area contributed by atoms with Gasteiger partial charge in [-0.3, -0.25) is 9.69 Å². The number of amides is 1. The maximum atomic E-state index is 12.5. The predicted molar refractivity (Wildman–Crippen MR) is 101 cm³/mol. The molecule has 1 aliphatic rings. The van der Waals surface area contributed by atoms with Gasteiger partial charge < -0.3 is 14.8 Å². The van der Waals surface area contributed by atoms with Crippen molar-refractivity contribution in [1.29, 1.82) is 0 Å². The van der Waals surface area contributed by atoms with Crippen LogP contribution < -0.4 is 5.32 Å². The first-order valence-electron chi connectivity index (χ1n) is 7.48. The van der Waals surface area contributed by atoms with Crippen molar-refractivity contribution < 1.29 is 14.3 Å². The average Bonchev–Trinajstić information content (AvgIpc) is 3.04. The summed E-state index contributed by atoms with van der Waals surface area (Å²) in [5.41, 5.74) is 0.961. The molecule has 1 aromatic carbocycles. The molecule has 0 saturated carbocycles. The molecule has 7 heteroatoms. The van der Waals surface area contributed by atoms with Crippen LogP contribution in [0.2, 0.25) is 5.02 Å². The Morgan fingerprint density at radius 3 is 2.92 bits per heavy atom. The van der Waals surface area contributed by atoms with Crippen molar-refractivity contribution in [2.24, 2.45) is 0 Å². The number of furan rings is 1. The number of carbonyl (C=O) groups excluding carboxylic acids is 1. The summed E-state index contributed by atoms with van der Waals surface area (Å²) in [6.45, 7) is 3.85. The first-order chi connectivity index (χ1) is 12.0. The number of thiocarbonyl (C=S) groups is 1. The van der Waals surface area contributed by atoms with Crippen LogP contribution in [0.3, 0.4) is 0 Å². The second-order valence-corrected chi connectivity index (χ2v) is 6.19. The largest absolute Gasteiger partial charge is 0.457 e. The molecule has 25 heavy (non-hydrogen) atoms. The SMILES string of the molecule is C=CCN1C(=O)C(=Cc2ccc(-c3cccc(Cl)c3)o2)C(O)NC1=S. The van der Waals surface area contributed by atoms with Crippen LogP contribution in [-0.4, -0.2) is 33.8 Å². The molecule has 1 fully saturated rings. The Bertz CT molecular complexity index is 875. The molecule has 1 saturated heterocycles. The maximum Gasteiger partial charge on any atom is 0.260 e. The van der Waals surface area contributed by atoms with Gasteiger partial charge in [0.25, 0.3) is 5.91 Å². The lowest BCUT2D eigenvalue weighted by Gasteiger charge is -2.32. The summed E-state index contributed by atoms with van der Waals surface area (Å²) < 4.78 is 5.75. The number of hydrogen-bond acceptors (Lipinski definition) is 4. The molecule has 2 heterocycles. The number of halogens is 1.